The fourth-order valence-corrected chi connectivity index (χ4v) is 0.884. The topological polar surface area (TPSA) is 54.0 Å². The number of nitrogens with zero attached hydrogens (tertiary/aromatic N) is 1. The van der Waals surface area contributed by atoms with Crippen LogP contribution in [0.4, 0.5) is 10.2 Å². The Balaban J connectivity index is 2.43. The zero-order valence-electron chi connectivity index (χ0n) is 8.75. The second-order valence-corrected chi connectivity index (χ2v) is 3.29. The van der Waals surface area contributed by atoms with Crippen LogP contribution in [-0.2, 0) is 4.79 Å². The van der Waals surface area contributed by atoms with Crippen LogP contribution in [0.3, 0.4) is 0 Å². The van der Waals surface area contributed by atoms with Crippen molar-refractivity contribution < 1.29 is 9.18 Å². The Hall–Kier alpha value is -1.65. The van der Waals surface area contributed by atoms with E-state index in [4.69, 9.17) is 0 Å². The van der Waals surface area contributed by atoms with Gasteiger partial charge in [0.05, 0.1) is 6.20 Å². The SMILES string of the molecule is CC[C@H](C)C(=O)NNc1ccc(F)cn1. The third kappa shape index (κ3) is 3.53. The Morgan fingerprint density at radius 1 is 1.60 bits per heavy atom. The van der Waals surface area contributed by atoms with E-state index < -0.39 is 5.82 Å². The van der Waals surface area contributed by atoms with Gasteiger partial charge in [-0.1, -0.05) is 13.8 Å². The number of hydrazine groups is 1. The quantitative estimate of drug-likeness (QED) is 0.745. The van der Waals surface area contributed by atoms with E-state index in [1.807, 2.05) is 13.8 Å². The summed E-state index contributed by atoms with van der Waals surface area (Å²) in [6, 6.07) is 2.72. The first kappa shape index (κ1) is 11.4. The summed E-state index contributed by atoms with van der Waals surface area (Å²) in [6.07, 6.45) is 1.85. The van der Waals surface area contributed by atoms with E-state index >= 15 is 0 Å². The number of pyridine rings is 1. The highest BCUT2D eigenvalue weighted by Gasteiger charge is 2.09. The lowest BCUT2D eigenvalue weighted by atomic mass is 10.1. The maximum atomic E-state index is 12.5. The molecule has 1 atom stereocenters. The lowest BCUT2D eigenvalue weighted by molar-refractivity contribution is -0.124. The minimum Gasteiger partial charge on any atom is -0.282 e. The van der Waals surface area contributed by atoms with Gasteiger partial charge in [-0.3, -0.25) is 15.6 Å². The molecule has 0 radical (unpaired) electrons. The Morgan fingerprint density at radius 3 is 2.87 bits per heavy atom. The summed E-state index contributed by atoms with van der Waals surface area (Å²) in [7, 11) is 0. The predicted molar refractivity (Wildman–Crippen MR) is 55.4 cm³/mol. The van der Waals surface area contributed by atoms with Gasteiger partial charge in [-0.25, -0.2) is 9.37 Å². The van der Waals surface area contributed by atoms with Crippen LogP contribution in [0.5, 0.6) is 0 Å². The standard InChI is InChI=1S/C10H14FN3O/c1-3-7(2)10(15)14-13-9-5-4-8(11)6-12-9/h4-7H,3H2,1-2H3,(H,12,13)(H,14,15)/t7-/m0/s1. The number of hydrogen-bond donors (Lipinski definition) is 2. The highest BCUT2D eigenvalue weighted by molar-refractivity contribution is 5.79. The van der Waals surface area contributed by atoms with E-state index in [0.717, 1.165) is 12.6 Å². The Labute approximate surface area is 87.9 Å². The monoisotopic (exact) mass is 211 g/mol. The van der Waals surface area contributed by atoms with E-state index in [2.05, 4.69) is 15.8 Å². The number of halogens is 1. The Morgan fingerprint density at radius 2 is 2.33 bits per heavy atom. The first-order valence-electron chi connectivity index (χ1n) is 4.81. The molecule has 0 fully saturated rings. The number of carbonyl (C=O) groups excluding carboxylic acids is 1. The molecule has 82 valence electrons. The van der Waals surface area contributed by atoms with E-state index in [1.165, 1.54) is 12.1 Å². The molecular weight excluding hydrogens is 197 g/mol. The first-order valence-corrected chi connectivity index (χ1v) is 4.81. The number of anilines is 1. The minimum atomic E-state index is -0.409. The molecule has 1 aromatic rings. The molecule has 0 spiro atoms. The van der Waals surface area contributed by atoms with E-state index in [1.54, 1.807) is 0 Å². The van der Waals surface area contributed by atoms with Gasteiger partial charge in [-0.05, 0) is 18.6 Å². The molecule has 1 amide bonds. The number of carbonyl (C=O) groups is 1. The largest absolute Gasteiger partial charge is 0.282 e. The molecule has 2 N–H and O–H groups in total. The molecule has 4 nitrogen and oxygen atoms in total. The van der Waals surface area contributed by atoms with Gasteiger partial charge in [-0.2, -0.15) is 0 Å². The molecule has 0 bridgehead atoms. The molecule has 0 saturated heterocycles. The van der Waals surface area contributed by atoms with Gasteiger partial charge in [0.2, 0.25) is 5.91 Å². The fourth-order valence-electron chi connectivity index (χ4n) is 0.884. The summed E-state index contributed by atoms with van der Waals surface area (Å²) in [5.41, 5.74) is 5.10. The molecule has 0 aliphatic carbocycles. The average Bonchev–Trinajstić information content (AvgIpc) is 2.26. The summed E-state index contributed by atoms with van der Waals surface area (Å²) >= 11 is 0. The van der Waals surface area contributed by atoms with Gasteiger partial charge in [0, 0.05) is 5.92 Å². The number of nitrogens with one attached hydrogen (secondary N) is 2. The summed E-state index contributed by atoms with van der Waals surface area (Å²) in [5, 5.41) is 0. The van der Waals surface area contributed by atoms with Crippen molar-refractivity contribution in [3.05, 3.63) is 24.1 Å². The molecule has 0 aliphatic heterocycles. The zero-order valence-corrected chi connectivity index (χ0v) is 8.75. The molecular formula is C10H14FN3O. The van der Waals surface area contributed by atoms with Gasteiger partial charge >= 0.3 is 0 Å². The second kappa shape index (κ2) is 5.29. The van der Waals surface area contributed by atoms with E-state index in [9.17, 15) is 9.18 Å². The van der Waals surface area contributed by atoms with Crippen molar-refractivity contribution in [3.63, 3.8) is 0 Å². The minimum absolute atomic E-state index is 0.0575. The third-order valence-electron chi connectivity index (χ3n) is 2.10. The van der Waals surface area contributed by atoms with Crippen LogP contribution in [0.2, 0.25) is 0 Å². The van der Waals surface area contributed by atoms with E-state index in [0.29, 0.717) is 5.82 Å². The highest BCUT2D eigenvalue weighted by Crippen LogP contribution is 2.03. The van der Waals surface area contributed by atoms with Gasteiger partial charge < -0.3 is 0 Å². The molecule has 0 aliphatic rings. The van der Waals surface area contributed by atoms with Crippen LogP contribution in [-0.4, -0.2) is 10.9 Å². The van der Waals surface area contributed by atoms with E-state index in [-0.39, 0.29) is 11.8 Å². The van der Waals surface area contributed by atoms with Crippen molar-refractivity contribution in [2.75, 3.05) is 5.43 Å². The van der Waals surface area contributed by atoms with Crippen LogP contribution in [0.15, 0.2) is 18.3 Å². The molecule has 0 saturated carbocycles. The van der Waals surface area contributed by atoms with Gasteiger partial charge in [0.1, 0.15) is 11.6 Å². The molecule has 1 rings (SSSR count). The third-order valence-corrected chi connectivity index (χ3v) is 2.10. The second-order valence-electron chi connectivity index (χ2n) is 3.29. The number of rotatable bonds is 4. The fraction of sp³-hybridized carbons (Fsp3) is 0.400. The van der Waals surface area contributed by atoms with Crippen molar-refractivity contribution in [1.82, 2.24) is 10.4 Å². The predicted octanol–water partition coefficient (Wildman–Crippen LogP) is 1.71. The maximum Gasteiger partial charge on any atom is 0.241 e. The summed E-state index contributed by atoms with van der Waals surface area (Å²) in [6.45, 7) is 3.76. The zero-order chi connectivity index (χ0) is 11.3. The molecule has 1 aromatic heterocycles. The van der Waals surface area contributed by atoms with Crippen molar-refractivity contribution >= 4 is 11.7 Å². The maximum absolute atomic E-state index is 12.5. The summed E-state index contributed by atoms with van der Waals surface area (Å²) in [4.78, 5) is 15.1. The van der Waals surface area contributed by atoms with Crippen molar-refractivity contribution in [3.8, 4) is 0 Å². The molecule has 5 heteroatoms. The van der Waals surface area contributed by atoms with Gasteiger partial charge in [0.15, 0.2) is 0 Å². The highest BCUT2D eigenvalue weighted by atomic mass is 19.1. The lowest BCUT2D eigenvalue weighted by Gasteiger charge is -2.10. The normalized spacial score (nSPS) is 11.9. The number of aromatic nitrogens is 1. The van der Waals surface area contributed by atoms with Gasteiger partial charge in [0.25, 0.3) is 0 Å². The number of amides is 1. The van der Waals surface area contributed by atoms with Crippen LogP contribution >= 0.6 is 0 Å². The molecule has 1 heterocycles. The Bertz CT molecular complexity index is 326. The Kier molecular flexibility index (Phi) is 4.03. The molecule has 0 unspecified atom stereocenters. The number of hydrogen-bond acceptors (Lipinski definition) is 3. The lowest BCUT2D eigenvalue weighted by Crippen LogP contribution is -2.33. The first-order chi connectivity index (χ1) is 7.13. The van der Waals surface area contributed by atoms with Crippen molar-refractivity contribution in [2.45, 2.75) is 20.3 Å². The van der Waals surface area contributed by atoms with Crippen molar-refractivity contribution in [1.29, 1.82) is 0 Å². The smallest absolute Gasteiger partial charge is 0.241 e. The summed E-state index contributed by atoms with van der Waals surface area (Å²) < 4.78 is 12.5. The van der Waals surface area contributed by atoms with Crippen molar-refractivity contribution in [2.24, 2.45) is 5.92 Å². The molecule has 15 heavy (non-hydrogen) atoms. The molecule has 0 aromatic carbocycles. The average molecular weight is 211 g/mol. The summed E-state index contributed by atoms with van der Waals surface area (Å²) in [5.74, 6) is -0.163. The van der Waals surface area contributed by atoms with Crippen LogP contribution in [0, 0.1) is 11.7 Å². The van der Waals surface area contributed by atoms with Crippen LogP contribution < -0.4 is 10.9 Å². The van der Waals surface area contributed by atoms with Gasteiger partial charge in [-0.15, -0.1) is 0 Å². The van der Waals surface area contributed by atoms with Crippen LogP contribution in [0.25, 0.3) is 0 Å². The van der Waals surface area contributed by atoms with Crippen LogP contribution in [0.1, 0.15) is 20.3 Å².